The van der Waals surface area contributed by atoms with E-state index in [0.29, 0.717) is 20.9 Å². The fourth-order valence-corrected chi connectivity index (χ4v) is 2.08. The molecule has 2 heteroatoms. The molecular weight excluding hydrogens is 179 g/mol. The number of carbonyl (C=O) groups is 1. The van der Waals surface area contributed by atoms with Crippen molar-refractivity contribution in [2.45, 2.75) is 13.3 Å². The van der Waals surface area contributed by atoms with E-state index in [1.807, 2.05) is 6.07 Å². The van der Waals surface area contributed by atoms with Crippen molar-refractivity contribution >= 4 is 20.3 Å². The Morgan fingerprint density at radius 1 is 1.78 bits per heavy atom. The summed E-state index contributed by atoms with van der Waals surface area (Å²) in [5.41, 5.74) is 1.20. The Kier molecular flexibility index (Phi) is 2.26. The predicted octanol–water partition coefficient (Wildman–Crippen LogP) is 0.875. The molecule has 0 N–H and O–H groups in total. The Labute approximate surface area is 60.4 Å². The monoisotopic (exact) mass is 188 g/mol. The van der Waals surface area contributed by atoms with Gasteiger partial charge in [0, 0.05) is 0 Å². The first kappa shape index (κ1) is 6.78. The van der Waals surface area contributed by atoms with Crippen LogP contribution in [0.15, 0.2) is 15.9 Å². The van der Waals surface area contributed by atoms with Crippen LogP contribution in [0.5, 0.6) is 0 Å². The molecule has 0 aliphatic carbocycles. The van der Waals surface area contributed by atoms with Gasteiger partial charge >= 0.3 is 59.9 Å². The first-order valence-corrected chi connectivity index (χ1v) is 4.77. The zero-order chi connectivity index (χ0) is 6.69. The summed E-state index contributed by atoms with van der Waals surface area (Å²) in [5.74, 6) is 0.253. The van der Waals surface area contributed by atoms with Gasteiger partial charge in [-0.05, 0) is 0 Å². The van der Waals surface area contributed by atoms with Crippen LogP contribution in [0, 0.1) is 0 Å². The SMILES string of the molecule is CC(=O)Cc1cc[se]c1. The van der Waals surface area contributed by atoms with Gasteiger partial charge in [0.2, 0.25) is 0 Å². The average molecular weight is 187 g/mol. The van der Waals surface area contributed by atoms with Crippen LogP contribution >= 0.6 is 0 Å². The molecule has 0 saturated heterocycles. The maximum absolute atomic E-state index is 10.5. The summed E-state index contributed by atoms with van der Waals surface area (Å²) in [6.45, 7) is 1.62. The Morgan fingerprint density at radius 2 is 2.56 bits per heavy atom. The van der Waals surface area contributed by atoms with Crippen LogP contribution in [-0.2, 0) is 11.2 Å². The molecule has 0 amide bonds. The molecule has 9 heavy (non-hydrogen) atoms. The molecule has 1 aromatic heterocycles. The molecule has 48 valence electrons. The second kappa shape index (κ2) is 3.00. The number of ketones is 1. The molecular formula is C7H8OSe. The molecule has 0 unspecified atom stereocenters. The van der Waals surface area contributed by atoms with E-state index in [9.17, 15) is 4.79 Å². The van der Waals surface area contributed by atoms with Crippen LogP contribution in [0.25, 0.3) is 0 Å². The second-order valence-corrected chi connectivity index (χ2v) is 3.65. The quantitative estimate of drug-likeness (QED) is 0.628. The first-order chi connectivity index (χ1) is 4.29. The Hall–Kier alpha value is -0.331. The fraction of sp³-hybridized carbons (Fsp3) is 0.286. The molecule has 1 rings (SSSR count). The molecule has 0 fully saturated rings. The van der Waals surface area contributed by atoms with Gasteiger partial charge in [-0.3, -0.25) is 0 Å². The van der Waals surface area contributed by atoms with Gasteiger partial charge in [-0.1, -0.05) is 0 Å². The molecule has 0 bridgehead atoms. The van der Waals surface area contributed by atoms with Crippen LogP contribution < -0.4 is 0 Å². The molecule has 1 nitrogen and oxygen atoms in total. The van der Waals surface area contributed by atoms with Crippen molar-refractivity contribution in [1.29, 1.82) is 0 Å². The predicted molar refractivity (Wildman–Crippen MR) is 37.8 cm³/mol. The van der Waals surface area contributed by atoms with Crippen molar-refractivity contribution < 1.29 is 4.79 Å². The van der Waals surface area contributed by atoms with Gasteiger partial charge in [-0.25, -0.2) is 0 Å². The molecule has 1 aromatic rings. The minimum atomic E-state index is 0.253. The van der Waals surface area contributed by atoms with Gasteiger partial charge in [0.05, 0.1) is 0 Å². The third-order valence-corrected chi connectivity index (χ3v) is 2.57. The second-order valence-electron chi connectivity index (χ2n) is 2.01. The first-order valence-electron chi connectivity index (χ1n) is 2.79. The van der Waals surface area contributed by atoms with E-state index in [4.69, 9.17) is 0 Å². The zero-order valence-corrected chi connectivity index (χ0v) is 6.97. The summed E-state index contributed by atoms with van der Waals surface area (Å²) in [7, 11) is 0. The van der Waals surface area contributed by atoms with Crippen molar-refractivity contribution in [3.63, 3.8) is 0 Å². The van der Waals surface area contributed by atoms with Gasteiger partial charge in [-0.15, -0.1) is 0 Å². The molecule has 0 aliphatic heterocycles. The van der Waals surface area contributed by atoms with E-state index in [1.165, 1.54) is 5.56 Å². The standard InChI is InChI=1S/C7H8OSe/c1-6(8)4-7-2-3-9-5-7/h2-3,5H,4H2,1H3. The maximum atomic E-state index is 10.5. The molecule has 0 atom stereocenters. The normalized spacial score (nSPS) is 9.44. The number of hydrogen-bond donors (Lipinski definition) is 0. The molecule has 0 aromatic carbocycles. The van der Waals surface area contributed by atoms with Crippen molar-refractivity contribution in [2.24, 2.45) is 0 Å². The molecule has 0 radical (unpaired) electrons. The van der Waals surface area contributed by atoms with Crippen molar-refractivity contribution in [3.05, 3.63) is 21.5 Å². The van der Waals surface area contributed by atoms with E-state index in [1.54, 1.807) is 6.92 Å². The fourth-order valence-electron chi connectivity index (χ4n) is 0.681. The summed E-state index contributed by atoms with van der Waals surface area (Å²) in [5, 5.41) is 0. The van der Waals surface area contributed by atoms with E-state index >= 15 is 0 Å². The Morgan fingerprint density at radius 3 is 3.00 bits per heavy atom. The van der Waals surface area contributed by atoms with Gasteiger partial charge in [0.15, 0.2) is 0 Å². The molecule has 0 spiro atoms. The Balaban J connectivity index is 2.58. The van der Waals surface area contributed by atoms with E-state index in [-0.39, 0.29) is 5.78 Å². The van der Waals surface area contributed by atoms with E-state index in [0.717, 1.165) is 0 Å². The van der Waals surface area contributed by atoms with Gasteiger partial charge in [-0.2, -0.15) is 0 Å². The average Bonchev–Trinajstić information content (AvgIpc) is 2.15. The van der Waals surface area contributed by atoms with Crippen LogP contribution in [0.3, 0.4) is 0 Å². The topological polar surface area (TPSA) is 17.1 Å². The van der Waals surface area contributed by atoms with Crippen LogP contribution in [-0.4, -0.2) is 20.3 Å². The van der Waals surface area contributed by atoms with Gasteiger partial charge in [0.25, 0.3) is 0 Å². The van der Waals surface area contributed by atoms with Crippen molar-refractivity contribution in [2.75, 3.05) is 0 Å². The molecule has 0 saturated carbocycles. The van der Waals surface area contributed by atoms with Gasteiger partial charge < -0.3 is 0 Å². The third kappa shape index (κ3) is 2.17. The van der Waals surface area contributed by atoms with Crippen molar-refractivity contribution in [3.8, 4) is 0 Å². The third-order valence-electron chi connectivity index (χ3n) is 1.03. The molecule has 0 aliphatic rings. The van der Waals surface area contributed by atoms with Crippen molar-refractivity contribution in [1.82, 2.24) is 0 Å². The van der Waals surface area contributed by atoms with Crippen LogP contribution in [0.4, 0.5) is 0 Å². The van der Waals surface area contributed by atoms with Gasteiger partial charge in [0.1, 0.15) is 0 Å². The summed E-state index contributed by atoms with van der Waals surface area (Å²) in [6.07, 6.45) is 0.623. The number of hydrogen-bond acceptors (Lipinski definition) is 1. The molecule has 1 heterocycles. The van der Waals surface area contributed by atoms with Crippen LogP contribution in [0.1, 0.15) is 12.5 Å². The number of rotatable bonds is 2. The summed E-state index contributed by atoms with van der Waals surface area (Å²) in [6, 6.07) is 2.04. The minimum absolute atomic E-state index is 0.253. The summed E-state index contributed by atoms with van der Waals surface area (Å²) >= 11 is 0.533. The zero-order valence-electron chi connectivity index (χ0n) is 5.26. The summed E-state index contributed by atoms with van der Waals surface area (Å²) in [4.78, 5) is 14.8. The van der Waals surface area contributed by atoms with E-state index in [2.05, 4.69) is 9.88 Å². The Bertz CT molecular complexity index is 189. The van der Waals surface area contributed by atoms with E-state index < -0.39 is 0 Å². The summed E-state index contributed by atoms with van der Waals surface area (Å²) < 4.78 is 0. The number of Topliss-reactive ketones (excluding diaryl/α,β-unsaturated/α-hetero) is 1. The van der Waals surface area contributed by atoms with Crippen LogP contribution in [0.2, 0.25) is 0 Å². The number of carbonyl (C=O) groups excluding carboxylic acids is 1.